The Morgan fingerprint density at radius 1 is 0.457 bits per heavy atom. The predicted molar refractivity (Wildman–Crippen MR) is 184 cm³/mol. The molecule has 0 aliphatic rings. The molecule has 0 aromatic carbocycles. The Kier molecular flexibility index (Phi) is 26.7. The average Bonchev–Trinajstić information content (AvgIpc) is 2.96. The van der Waals surface area contributed by atoms with Crippen molar-refractivity contribution in [2.24, 2.45) is 17.8 Å². The van der Waals surface area contributed by atoms with Gasteiger partial charge in [-0.2, -0.15) is 0 Å². The summed E-state index contributed by atoms with van der Waals surface area (Å²) in [6, 6.07) is 0. The third-order valence-electron chi connectivity index (χ3n) is 8.11. The van der Waals surface area contributed by atoms with Gasteiger partial charge >= 0.3 is 23.9 Å². The summed E-state index contributed by atoms with van der Waals surface area (Å²) in [5.74, 6) is -1.03. The quantitative estimate of drug-likeness (QED) is 0.0428. The lowest BCUT2D eigenvalue weighted by Gasteiger charge is -2.29. The van der Waals surface area contributed by atoms with Crippen molar-refractivity contribution in [2.45, 2.75) is 182 Å². The summed E-state index contributed by atoms with van der Waals surface area (Å²) in [7, 11) is 0. The van der Waals surface area contributed by atoms with Crippen LogP contribution in [0, 0.1) is 17.8 Å². The Balaban J connectivity index is 5.09. The summed E-state index contributed by atoms with van der Waals surface area (Å²) in [4.78, 5) is 51.4. The lowest BCUT2D eigenvalue weighted by atomic mass is 9.95. The molecule has 0 radical (unpaired) electrons. The van der Waals surface area contributed by atoms with Gasteiger partial charge in [-0.25, -0.2) is 4.79 Å². The van der Waals surface area contributed by atoms with Crippen LogP contribution < -0.4 is 0 Å². The Morgan fingerprint density at radius 3 is 1.09 bits per heavy atom. The smallest absolute Gasteiger partial charge is 0.351 e. The monoisotopic (exact) mass is 655 g/mol. The van der Waals surface area contributed by atoms with E-state index in [-0.39, 0.29) is 19.8 Å². The van der Waals surface area contributed by atoms with E-state index in [1.165, 1.54) is 38.5 Å². The SMILES string of the molecule is CC(=O)OC(CC(=O)OCCCCCCCC(C)C)(CC(=O)OCCCCCCCC(C)C)C(=O)OCCCCCCCC(C)C. The third kappa shape index (κ3) is 26.0. The van der Waals surface area contributed by atoms with Gasteiger partial charge in [-0.15, -0.1) is 0 Å². The second kappa shape index (κ2) is 27.9. The molecule has 0 bridgehead atoms. The van der Waals surface area contributed by atoms with Crippen molar-refractivity contribution in [3.8, 4) is 0 Å². The van der Waals surface area contributed by atoms with E-state index in [2.05, 4.69) is 41.5 Å². The van der Waals surface area contributed by atoms with E-state index >= 15 is 0 Å². The van der Waals surface area contributed by atoms with Crippen LogP contribution in [0.3, 0.4) is 0 Å². The molecule has 0 aliphatic carbocycles. The zero-order valence-electron chi connectivity index (χ0n) is 30.8. The lowest BCUT2D eigenvalue weighted by molar-refractivity contribution is -0.190. The maximum Gasteiger partial charge on any atom is 0.351 e. The molecule has 0 spiro atoms. The van der Waals surface area contributed by atoms with Crippen LogP contribution >= 0.6 is 0 Å². The van der Waals surface area contributed by atoms with Crippen molar-refractivity contribution < 1.29 is 38.1 Å². The molecule has 0 aromatic heterocycles. The highest BCUT2D eigenvalue weighted by Crippen LogP contribution is 2.26. The first-order valence-corrected chi connectivity index (χ1v) is 18.6. The summed E-state index contributed by atoms with van der Waals surface area (Å²) in [6.45, 7) is 15.0. The van der Waals surface area contributed by atoms with Crippen LogP contribution in [0.4, 0.5) is 0 Å². The van der Waals surface area contributed by atoms with Crippen molar-refractivity contribution in [1.82, 2.24) is 0 Å². The van der Waals surface area contributed by atoms with Gasteiger partial charge in [0.1, 0.15) is 0 Å². The van der Waals surface area contributed by atoms with E-state index in [0.717, 1.165) is 64.7 Å². The van der Waals surface area contributed by atoms with Gasteiger partial charge < -0.3 is 18.9 Å². The zero-order chi connectivity index (χ0) is 34.6. The van der Waals surface area contributed by atoms with E-state index in [9.17, 15) is 19.2 Å². The minimum Gasteiger partial charge on any atom is -0.466 e. The molecule has 0 fully saturated rings. The summed E-state index contributed by atoms with van der Waals surface area (Å²) < 4.78 is 21.8. The highest BCUT2D eigenvalue weighted by molar-refractivity contribution is 5.92. The first-order valence-electron chi connectivity index (χ1n) is 18.6. The topological polar surface area (TPSA) is 105 Å². The minimum atomic E-state index is -2.12. The van der Waals surface area contributed by atoms with Crippen LogP contribution in [0.5, 0.6) is 0 Å². The van der Waals surface area contributed by atoms with Gasteiger partial charge in [0.15, 0.2) is 0 Å². The van der Waals surface area contributed by atoms with Gasteiger partial charge in [-0.1, -0.05) is 138 Å². The molecule has 46 heavy (non-hydrogen) atoms. The first kappa shape index (κ1) is 43.9. The highest BCUT2D eigenvalue weighted by Gasteiger charge is 2.48. The molecular formula is C38H70O8. The summed E-state index contributed by atoms with van der Waals surface area (Å²) in [5, 5.41) is 0. The molecule has 270 valence electrons. The van der Waals surface area contributed by atoms with E-state index in [1.54, 1.807) is 0 Å². The van der Waals surface area contributed by atoms with Crippen molar-refractivity contribution >= 4 is 23.9 Å². The predicted octanol–water partition coefficient (Wildman–Crippen LogP) is 9.69. The van der Waals surface area contributed by atoms with E-state index in [0.29, 0.717) is 37.0 Å². The number of unbranched alkanes of at least 4 members (excludes halogenated alkanes) is 12. The zero-order valence-corrected chi connectivity index (χ0v) is 30.8. The highest BCUT2D eigenvalue weighted by atomic mass is 16.6. The number of ether oxygens (including phenoxy) is 4. The van der Waals surface area contributed by atoms with Gasteiger partial charge in [-0.05, 0) is 37.0 Å². The molecule has 0 N–H and O–H groups in total. The van der Waals surface area contributed by atoms with Crippen molar-refractivity contribution in [2.75, 3.05) is 19.8 Å². The van der Waals surface area contributed by atoms with Gasteiger partial charge in [0.2, 0.25) is 5.60 Å². The average molecular weight is 655 g/mol. The fraction of sp³-hybridized carbons (Fsp3) is 0.895. The largest absolute Gasteiger partial charge is 0.466 e. The number of carbonyl (C=O) groups is 4. The molecule has 0 rings (SSSR count). The Hall–Kier alpha value is -2.12. The fourth-order valence-corrected chi connectivity index (χ4v) is 5.39. The first-order chi connectivity index (χ1) is 21.9. The third-order valence-corrected chi connectivity index (χ3v) is 8.11. The molecule has 0 heterocycles. The Morgan fingerprint density at radius 2 is 0.761 bits per heavy atom. The number of esters is 4. The molecule has 0 amide bonds. The molecule has 8 nitrogen and oxygen atoms in total. The normalized spacial score (nSPS) is 11.7. The number of carbonyl (C=O) groups excluding carboxylic acids is 4. The number of rotatable bonds is 30. The lowest BCUT2D eigenvalue weighted by Crippen LogP contribution is -2.48. The molecular weight excluding hydrogens is 584 g/mol. The van der Waals surface area contributed by atoms with Crippen LogP contribution in [0.25, 0.3) is 0 Å². The van der Waals surface area contributed by atoms with Gasteiger partial charge in [0.25, 0.3) is 0 Å². The van der Waals surface area contributed by atoms with Crippen molar-refractivity contribution in [1.29, 1.82) is 0 Å². The molecule has 0 saturated carbocycles. The minimum absolute atomic E-state index is 0.115. The standard InChI is InChI=1S/C38H70O8/c1-31(2)23-17-11-8-14-20-26-43-35(40)29-38(46-34(7)39,37(42)45-28-22-16-10-13-19-25-33(5)6)30-36(41)44-27-21-15-9-12-18-24-32(3)4/h31-33H,8-30H2,1-7H3. The second-order valence-corrected chi connectivity index (χ2v) is 14.4. The van der Waals surface area contributed by atoms with Crippen LogP contribution in [0.2, 0.25) is 0 Å². The summed E-state index contributed by atoms with van der Waals surface area (Å²) in [6.07, 6.45) is 17.4. The van der Waals surface area contributed by atoms with E-state index < -0.39 is 42.3 Å². The Labute approximate surface area is 281 Å². The molecule has 0 saturated heterocycles. The fourth-order valence-electron chi connectivity index (χ4n) is 5.39. The number of hydrogen-bond acceptors (Lipinski definition) is 8. The molecule has 0 aliphatic heterocycles. The summed E-state index contributed by atoms with van der Waals surface area (Å²) >= 11 is 0. The molecule has 0 atom stereocenters. The maximum atomic E-state index is 13.4. The van der Waals surface area contributed by atoms with E-state index in [1.807, 2.05) is 0 Å². The van der Waals surface area contributed by atoms with Crippen LogP contribution in [-0.4, -0.2) is 49.3 Å². The molecule has 0 aromatic rings. The van der Waals surface area contributed by atoms with Crippen molar-refractivity contribution in [3.05, 3.63) is 0 Å². The van der Waals surface area contributed by atoms with Crippen molar-refractivity contribution in [3.63, 3.8) is 0 Å². The Bertz CT molecular complexity index is 767. The van der Waals surface area contributed by atoms with Crippen LogP contribution in [-0.2, 0) is 38.1 Å². The molecule has 0 unspecified atom stereocenters. The van der Waals surface area contributed by atoms with E-state index in [4.69, 9.17) is 18.9 Å². The second-order valence-electron chi connectivity index (χ2n) is 14.4. The van der Waals surface area contributed by atoms with Gasteiger partial charge in [-0.3, -0.25) is 14.4 Å². The number of hydrogen-bond donors (Lipinski definition) is 0. The maximum absolute atomic E-state index is 13.4. The molecule has 8 heteroatoms. The van der Waals surface area contributed by atoms with Gasteiger partial charge in [0, 0.05) is 6.92 Å². The van der Waals surface area contributed by atoms with Crippen LogP contribution in [0.15, 0.2) is 0 Å². The summed E-state index contributed by atoms with van der Waals surface area (Å²) in [5.41, 5.74) is -2.12. The van der Waals surface area contributed by atoms with Crippen LogP contribution in [0.1, 0.15) is 177 Å². The van der Waals surface area contributed by atoms with Gasteiger partial charge in [0.05, 0.1) is 32.7 Å².